The SMILES string of the molecule is B.CN1C2CCC1CC(Cl)C2. The molecule has 2 heterocycles. The Balaban J connectivity index is 0.000000605. The third-order valence-electron chi connectivity index (χ3n) is 3.04. The maximum absolute atomic E-state index is 6.08. The summed E-state index contributed by atoms with van der Waals surface area (Å²) in [6.07, 6.45) is 5.19. The van der Waals surface area contributed by atoms with Crippen molar-refractivity contribution in [3.63, 3.8) is 0 Å². The molecule has 2 fully saturated rings. The lowest BCUT2D eigenvalue weighted by atomic mass is 10.0. The van der Waals surface area contributed by atoms with E-state index in [1.807, 2.05) is 0 Å². The van der Waals surface area contributed by atoms with Crippen LogP contribution in [0.25, 0.3) is 0 Å². The van der Waals surface area contributed by atoms with Gasteiger partial charge in [0.1, 0.15) is 0 Å². The molecule has 0 N–H and O–H groups in total. The van der Waals surface area contributed by atoms with E-state index < -0.39 is 0 Å². The molecule has 2 atom stereocenters. The van der Waals surface area contributed by atoms with Crippen LogP contribution in [0.2, 0.25) is 0 Å². The van der Waals surface area contributed by atoms with E-state index in [9.17, 15) is 0 Å². The Bertz CT molecular complexity index is 128. The molecule has 0 aliphatic carbocycles. The summed E-state index contributed by atoms with van der Waals surface area (Å²) < 4.78 is 0. The number of alkyl halides is 1. The van der Waals surface area contributed by atoms with Crippen LogP contribution in [0.4, 0.5) is 0 Å². The summed E-state index contributed by atoms with van der Waals surface area (Å²) in [6, 6.07) is 1.61. The van der Waals surface area contributed by atoms with Gasteiger partial charge in [-0.05, 0) is 32.7 Å². The molecule has 2 aliphatic heterocycles. The third kappa shape index (κ3) is 1.57. The van der Waals surface area contributed by atoms with Crippen LogP contribution in [0.15, 0.2) is 0 Å². The van der Waals surface area contributed by atoms with Crippen LogP contribution in [-0.2, 0) is 0 Å². The molecule has 2 unspecified atom stereocenters. The molecule has 2 aliphatic rings. The molecule has 0 aromatic rings. The van der Waals surface area contributed by atoms with Gasteiger partial charge in [0.25, 0.3) is 0 Å². The standard InChI is InChI=1S/C8H14ClN.BH3/c1-10-7-2-3-8(10)5-6(9)4-7;/h6-8H,2-5H2,1H3;1H3. The molecule has 2 rings (SSSR count). The molecule has 0 saturated carbocycles. The molecule has 11 heavy (non-hydrogen) atoms. The van der Waals surface area contributed by atoms with E-state index in [0.717, 1.165) is 12.1 Å². The zero-order valence-electron chi connectivity index (χ0n) is 6.39. The van der Waals surface area contributed by atoms with E-state index >= 15 is 0 Å². The average molecular weight is 173 g/mol. The normalized spacial score (nSPS) is 43.6. The van der Waals surface area contributed by atoms with Gasteiger partial charge in [0.15, 0.2) is 0 Å². The lowest BCUT2D eigenvalue weighted by molar-refractivity contribution is 0.181. The van der Waals surface area contributed by atoms with Gasteiger partial charge in [-0.3, -0.25) is 0 Å². The Morgan fingerprint density at radius 3 is 2.09 bits per heavy atom. The minimum atomic E-state index is 0. The van der Waals surface area contributed by atoms with Gasteiger partial charge in [-0.15, -0.1) is 11.6 Å². The number of hydrogen-bond donors (Lipinski definition) is 0. The summed E-state index contributed by atoms with van der Waals surface area (Å²) in [7, 11) is 2.24. The predicted octanol–water partition coefficient (Wildman–Crippen LogP) is 0.666. The molecule has 0 aromatic carbocycles. The highest BCUT2D eigenvalue weighted by atomic mass is 35.5. The maximum atomic E-state index is 6.08. The quantitative estimate of drug-likeness (QED) is 0.384. The maximum Gasteiger partial charge on any atom is 0.0814 e. The fourth-order valence-electron chi connectivity index (χ4n) is 2.35. The Labute approximate surface area is 75.7 Å². The lowest BCUT2D eigenvalue weighted by Gasteiger charge is -2.33. The van der Waals surface area contributed by atoms with Crippen LogP contribution in [-0.4, -0.2) is 37.8 Å². The van der Waals surface area contributed by atoms with Crippen molar-refractivity contribution in [3.05, 3.63) is 0 Å². The second kappa shape index (κ2) is 3.36. The highest BCUT2D eigenvalue weighted by molar-refractivity contribution is 6.20. The molecular weight excluding hydrogens is 156 g/mol. The largest absolute Gasteiger partial charge is 0.300 e. The molecule has 3 heteroatoms. The van der Waals surface area contributed by atoms with E-state index in [1.54, 1.807) is 0 Å². The monoisotopic (exact) mass is 173 g/mol. The van der Waals surface area contributed by atoms with E-state index in [1.165, 1.54) is 25.7 Å². The number of fused-ring (bicyclic) bond motifs is 2. The summed E-state index contributed by atoms with van der Waals surface area (Å²) in [5.41, 5.74) is 0. The Kier molecular flexibility index (Phi) is 2.87. The minimum Gasteiger partial charge on any atom is -0.300 e. The van der Waals surface area contributed by atoms with Gasteiger partial charge >= 0.3 is 0 Å². The van der Waals surface area contributed by atoms with Crippen molar-refractivity contribution in [2.24, 2.45) is 0 Å². The first-order valence-corrected chi connectivity index (χ1v) is 4.57. The fourth-order valence-corrected chi connectivity index (χ4v) is 2.76. The lowest BCUT2D eigenvalue weighted by Crippen LogP contribution is -2.40. The second-order valence-corrected chi connectivity index (χ2v) is 4.24. The zero-order chi connectivity index (χ0) is 7.14. The molecule has 2 saturated heterocycles. The van der Waals surface area contributed by atoms with Gasteiger partial charge < -0.3 is 4.90 Å². The topological polar surface area (TPSA) is 3.24 Å². The summed E-state index contributed by atoms with van der Waals surface area (Å²) in [5.74, 6) is 0. The Hall–Kier alpha value is 0.315. The van der Waals surface area contributed by atoms with Crippen molar-refractivity contribution in [2.75, 3.05) is 7.05 Å². The number of hydrogen-bond acceptors (Lipinski definition) is 1. The fraction of sp³-hybridized carbons (Fsp3) is 1.00. The predicted molar refractivity (Wildman–Crippen MR) is 53.4 cm³/mol. The molecule has 0 aromatic heterocycles. The number of rotatable bonds is 0. The van der Waals surface area contributed by atoms with Crippen LogP contribution in [0.1, 0.15) is 25.7 Å². The number of halogens is 1. The molecule has 64 valence electrons. The summed E-state index contributed by atoms with van der Waals surface area (Å²) in [5, 5.41) is 0.466. The van der Waals surface area contributed by atoms with Gasteiger partial charge in [0.2, 0.25) is 0 Å². The number of nitrogens with zero attached hydrogens (tertiary/aromatic N) is 1. The summed E-state index contributed by atoms with van der Waals surface area (Å²) in [4.78, 5) is 2.51. The molecule has 0 amide bonds. The Morgan fingerprint density at radius 2 is 1.64 bits per heavy atom. The smallest absolute Gasteiger partial charge is 0.0814 e. The van der Waals surface area contributed by atoms with Crippen LogP contribution in [0.5, 0.6) is 0 Å². The molecule has 0 spiro atoms. The summed E-state index contributed by atoms with van der Waals surface area (Å²) in [6.45, 7) is 0. The van der Waals surface area contributed by atoms with Gasteiger partial charge in [-0.1, -0.05) is 0 Å². The average Bonchev–Trinajstić information content (AvgIpc) is 2.20. The van der Waals surface area contributed by atoms with Crippen molar-refractivity contribution in [2.45, 2.75) is 43.1 Å². The first kappa shape index (κ1) is 9.40. The third-order valence-corrected chi connectivity index (χ3v) is 3.40. The molecule has 0 radical (unpaired) electrons. The molecule has 2 bridgehead atoms. The van der Waals surface area contributed by atoms with Gasteiger partial charge in [-0.25, -0.2) is 0 Å². The number of piperidine rings is 1. The minimum absolute atomic E-state index is 0. The van der Waals surface area contributed by atoms with E-state index in [2.05, 4.69) is 11.9 Å². The first-order chi connectivity index (χ1) is 4.77. The van der Waals surface area contributed by atoms with Crippen LogP contribution in [0, 0.1) is 0 Å². The van der Waals surface area contributed by atoms with Gasteiger partial charge in [-0.2, -0.15) is 0 Å². The van der Waals surface area contributed by atoms with Crippen LogP contribution in [0.3, 0.4) is 0 Å². The van der Waals surface area contributed by atoms with Gasteiger partial charge in [0.05, 0.1) is 8.41 Å². The van der Waals surface area contributed by atoms with E-state index in [4.69, 9.17) is 11.6 Å². The van der Waals surface area contributed by atoms with Crippen LogP contribution >= 0.6 is 11.6 Å². The van der Waals surface area contributed by atoms with Gasteiger partial charge in [0, 0.05) is 17.5 Å². The van der Waals surface area contributed by atoms with E-state index in [0.29, 0.717) is 5.38 Å². The Morgan fingerprint density at radius 1 is 1.18 bits per heavy atom. The zero-order valence-corrected chi connectivity index (χ0v) is 7.14. The van der Waals surface area contributed by atoms with Crippen molar-refractivity contribution in [3.8, 4) is 0 Å². The van der Waals surface area contributed by atoms with Crippen molar-refractivity contribution in [1.82, 2.24) is 4.90 Å². The van der Waals surface area contributed by atoms with Crippen molar-refractivity contribution < 1.29 is 0 Å². The van der Waals surface area contributed by atoms with E-state index in [-0.39, 0.29) is 8.41 Å². The van der Waals surface area contributed by atoms with Crippen LogP contribution < -0.4 is 0 Å². The first-order valence-electron chi connectivity index (χ1n) is 4.13. The molecular formula is C8H17BClN. The highest BCUT2D eigenvalue weighted by Gasteiger charge is 2.37. The highest BCUT2D eigenvalue weighted by Crippen LogP contribution is 2.36. The van der Waals surface area contributed by atoms with Crippen molar-refractivity contribution in [1.29, 1.82) is 0 Å². The molecule has 1 nitrogen and oxygen atoms in total. The second-order valence-electron chi connectivity index (χ2n) is 3.62. The van der Waals surface area contributed by atoms with Crippen molar-refractivity contribution >= 4 is 20.0 Å². The summed E-state index contributed by atoms with van der Waals surface area (Å²) >= 11 is 6.08.